The minimum Gasteiger partial charge on any atom is -0.490 e. The summed E-state index contributed by atoms with van der Waals surface area (Å²) in [6, 6.07) is 6.49. The van der Waals surface area contributed by atoms with E-state index in [9.17, 15) is 0 Å². The molecule has 1 saturated heterocycles. The van der Waals surface area contributed by atoms with Gasteiger partial charge < -0.3 is 19.5 Å². The Morgan fingerprint density at radius 2 is 2.00 bits per heavy atom. The summed E-state index contributed by atoms with van der Waals surface area (Å²) >= 11 is 0. The Labute approximate surface area is 127 Å². The maximum absolute atomic E-state index is 5.75. The van der Waals surface area contributed by atoms with Crippen LogP contribution in [0.25, 0.3) is 0 Å². The summed E-state index contributed by atoms with van der Waals surface area (Å²) in [6.45, 7) is 6.15. The van der Waals surface area contributed by atoms with E-state index in [0.717, 1.165) is 30.9 Å². The Kier molecular flexibility index (Phi) is 6.33. The van der Waals surface area contributed by atoms with Crippen molar-refractivity contribution >= 4 is 0 Å². The molecule has 0 amide bonds. The van der Waals surface area contributed by atoms with E-state index in [0.29, 0.717) is 19.3 Å². The summed E-state index contributed by atoms with van der Waals surface area (Å²) in [5.41, 5.74) is 1.22. The van der Waals surface area contributed by atoms with Gasteiger partial charge in [0.1, 0.15) is 0 Å². The van der Waals surface area contributed by atoms with Crippen molar-refractivity contribution in [1.82, 2.24) is 5.32 Å². The van der Waals surface area contributed by atoms with Gasteiger partial charge in [0.15, 0.2) is 11.5 Å². The summed E-state index contributed by atoms with van der Waals surface area (Å²) in [6.07, 6.45) is 3.70. The lowest BCUT2D eigenvalue weighted by Crippen LogP contribution is -2.22. The van der Waals surface area contributed by atoms with E-state index >= 15 is 0 Å². The lowest BCUT2D eigenvalue weighted by molar-refractivity contribution is 0.0953. The topological polar surface area (TPSA) is 39.7 Å². The second-order valence-electron chi connectivity index (χ2n) is 5.28. The van der Waals surface area contributed by atoms with Gasteiger partial charge in [0, 0.05) is 12.6 Å². The first kappa shape index (κ1) is 16.1. The molecule has 2 atom stereocenters. The minimum atomic E-state index is 0.281. The van der Waals surface area contributed by atoms with Crippen molar-refractivity contribution in [1.29, 1.82) is 0 Å². The van der Waals surface area contributed by atoms with Gasteiger partial charge in [0.05, 0.1) is 19.3 Å². The molecule has 0 bridgehead atoms. The number of ether oxygens (including phenoxy) is 3. The first-order chi connectivity index (χ1) is 10.3. The van der Waals surface area contributed by atoms with Gasteiger partial charge in [-0.1, -0.05) is 6.07 Å². The monoisotopic (exact) mass is 293 g/mol. The molecule has 0 saturated carbocycles. The van der Waals surface area contributed by atoms with Crippen molar-refractivity contribution in [2.75, 3.05) is 26.9 Å². The third-order valence-electron chi connectivity index (χ3n) is 3.84. The molecule has 1 N–H and O–H groups in total. The molecule has 1 aliphatic rings. The van der Waals surface area contributed by atoms with Gasteiger partial charge in [-0.25, -0.2) is 0 Å². The quantitative estimate of drug-likeness (QED) is 0.798. The van der Waals surface area contributed by atoms with E-state index < -0.39 is 0 Å². The molecule has 0 aromatic heterocycles. The van der Waals surface area contributed by atoms with Crippen LogP contribution in [-0.4, -0.2) is 33.0 Å². The molecule has 21 heavy (non-hydrogen) atoms. The molecule has 4 heteroatoms. The maximum Gasteiger partial charge on any atom is 0.161 e. The zero-order valence-electron chi connectivity index (χ0n) is 13.4. The third kappa shape index (κ3) is 4.35. The van der Waals surface area contributed by atoms with Crippen LogP contribution in [0.3, 0.4) is 0 Å². The van der Waals surface area contributed by atoms with Crippen LogP contribution < -0.4 is 14.8 Å². The molecule has 1 aliphatic heterocycles. The third-order valence-corrected chi connectivity index (χ3v) is 3.84. The fourth-order valence-corrected chi connectivity index (χ4v) is 2.80. The second-order valence-corrected chi connectivity index (χ2v) is 5.28. The molecule has 1 aromatic rings. The highest BCUT2D eigenvalue weighted by Gasteiger charge is 2.22. The Balaban J connectivity index is 2.13. The van der Waals surface area contributed by atoms with Crippen molar-refractivity contribution in [2.24, 2.45) is 0 Å². The van der Waals surface area contributed by atoms with Crippen LogP contribution in [0.4, 0.5) is 0 Å². The van der Waals surface area contributed by atoms with Crippen molar-refractivity contribution < 1.29 is 14.2 Å². The Bertz CT molecular complexity index is 430. The van der Waals surface area contributed by atoms with Gasteiger partial charge in [0.2, 0.25) is 0 Å². The normalized spacial score (nSPS) is 19.5. The Morgan fingerprint density at radius 3 is 2.62 bits per heavy atom. The number of benzene rings is 1. The van der Waals surface area contributed by atoms with Gasteiger partial charge in [-0.2, -0.15) is 0 Å². The summed E-state index contributed by atoms with van der Waals surface area (Å²) in [5, 5.41) is 3.39. The fourth-order valence-electron chi connectivity index (χ4n) is 2.80. The van der Waals surface area contributed by atoms with Gasteiger partial charge >= 0.3 is 0 Å². The predicted octanol–water partition coefficient (Wildman–Crippen LogP) is 3.31. The van der Waals surface area contributed by atoms with E-state index in [2.05, 4.69) is 17.4 Å². The highest BCUT2D eigenvalue weighted by molar-refractivity contribution is 5.44. The first-order valence-electron chi connectivity index (χ1n) is 7.96. The van der Waals surface area contributed by atoms with E-state index in [1.807, 2.05) is 27.0 Å². The molecule has 1 aromatic carbocycles. The summed E-state index contributed by atoms with van der Waals surface area (Å²) in [7, 11) is 2.00. The van der Waals surface area contributed by atoms with Crippen LogP contribution in [0.15, 0.2) is 18.2 Å². The molecule has 0 radical (unpaired) electrons. The second kappa shape index (κ2) is 8.25. The van der Waals surface area contributed by atoms with Crippen LogP contribution in [0.1, 0.15) is 44.7 Å². The SMILES string of the molecule is CCOc1ccc(C(CC2CCCO2)NC)cc1OCC. The molecule has 2 rings (SSSR count). The van der Waals surface area contributed by atoms with Gasteiger partial charge in [0.25, 0.3) is 0 Å². The molecule has 0 spiro atoms. The van der Waals surface area contributed by atoms with Crippen LogP contribution in [-0.2, 0) is 4.74 Å². The largest absolute Gasteiger partial charge is 0.490 e. The number of hydrogen-bond acceptors (Lipinski definition) is 4. The summed E-state index contributed by atoms with van der Waals surface area (Å²) in [4.78, 5) is 0. The van der Waals surface area contributed by atoms with Gasteiger partial charge in [-0.3, -0.25) is 0 Å². The lowest BCUT2D eigenvalue weighted by Gasteiger charge is -2.21. The van der Waals surface area contributed by atoms with Crippen molar-refractivity contribution in [3.05, 3.63) is 23.8 Å². The standard InChI is InChI=1S/C17H27NO3/c1-4-19-16-9-8-13(11-17(16)20-5-2)15(18-3)12-14-7-6-10-21-14/h8-9,11,14-15,18H,4-7,10,12H2,1-3H3. The van der Waals surface area contributed by atoms with Crippen molar-refractivity contribution in [2.45, 2.75) is 45.3 Å². The van der Waals surface area contributed by atoms with E-state index in [4.69, 9.17) is 14.2 Å². The number of nitrogens with one attached hydrogen (secondary N) is 1. The average Bonchev–Trinajstić information content (AvgIpc) is 3.00. The lowest BCUT2D eigenvalue weighted by atomic mass is 9.99. The van der Waals surface area contributed by atoms with Crippen LogP contribution in [0.2, 0.25) is 0 Å². The molecule has 2 unspecified atom stereocenters. The van der Waals surface area contributed by atoms with Crippen molar-refractivity contribution in [3.63, 3.8) is 0 Å². The van der Waals surface area contributed by atoms with Gasteiger partial charge in [-0.15, -0.1) is 0 Å². The molecule has 0 aliphatic carbocycles. The Hall–Kier alpha value is -1.26. The number of hydrogen-bond donors (Lipinski definition) is 1. The smallest absolute Gasteiger partial charge is 0.161 e. The molecule has 1 fully saturated rings. The highest BCUT2D eigenvalue weighted by Crippen LogP contribution is 2.33. The molecular weight excluding hydrogens is 266 g/mol. The van der Waals surface area contributed by atoms with E-state index in [1.165, 1.54) is 12.0 Å². The van der Waals surface area contributed by atoms with Gasteiger partial charge in [-0.05, 0) is 57.9 Å². The molecule has 118 valence electrons. The van der Waals surface area contributed by atoms with Crippen LogP contribution in [0.5, 0.6) is 11.5 Å². The summed E-state index contributed by atoms with van der Waals surface area (Å²) < 4.78 is 17.1. The molecular formula is C17H27NO3. The maximum atomic E-state index is 5.75. The zero-order valence-corrected chi connectivity index (χ0v) is 13.4. The van der Waals surface area contributed by atoms with E-state index in [1.54, 1.807) is 0 Å². The average molecular weight is 293 g/mol. The number of rotatable bonds is 8. The molecule has 1 heterocycles. The Morgan fingerprint density at radius 1 is 1.24 bits per heavy atom. The van der Waals surface area contributed by atoms with E-state index in [-0.39, 0.29) is 6.04 Å². The van der Waals surface area contributed by atoms with Crippen LogP contribution in [0, 0.1) is 0 Å². The highest BCUT2D eigenvalue weighted by atomic mass is 16.5. The molecule has 4 nitrogen and oxygen atoms in total. The predicted molar refractivity (Wildman–Crippen MR) is 84.2 cm³/mol. The van der Waals surface area contributed by atoms with Crippen molar-refractivity contribution in [3.8, 4) is 11.5 Å². The first-order valence-corrected chi connectivity index (χ1v) is 7.96. The van der Waals surface area contributed by atoms with Crippen LogP contribution >= 0.6 is 0 Å². The fraction of sp³-hybridized carbons (Fsp3) is 0.647. The zero-order chi connectivity index (χ0) is 15.1. The minimum absolute atomic E-state index is 0.281. The summed E-state index contributed by atoms with van der Waals surface area (Å²) in [5.74, 6) is 1.64.